The Kier molecular flexibility index (Phi) is 6.66. The van der Waals surface area contributed by atoms with Crippen LogP contribution in [0.4, 0.5) is 5.69 Å². The van der Waals surface area contributed by atoms with Gasteiger partial charge in [-0.1, -0.05) is 18.2 Å². The number of methoxy groups -OCH3 is 1. The Morgan fingerprint density at radius 1 is 1.17 bits per heavy atom. The maximum absolute atomic E-state index is 12.8. The first-order chi connectivity index (χ1) is 13.9. The van der Waals surface area contributed by atoms with Gasteiger partial charge >= 0.3 is 5.97 Å². The van der Waals surface area contributed by atoms with E-state index in [1.54, 1.807) is 12.1 Å². The molecule has 2 aromatic rings. The number of sulfonamides is 1. The van der Waals surface area contributed by atoms with Gasteiger partial charge in [0.25, 0.3) is 0 Å². The van der Waals surface area contributed by atoms with E-state index in [-0.39, 0.29) is 6.54 Å². The van der Waals surface area contributed by atoms with Crippen LogP contribution < -0.4 is 9.21 Å². The molecule has 0 aliphatic carbocycles. The number of benzene rings is 1. The van der Waals surface area contributed by atoms with Crippen LogP contribution in [0.1, 0.15) is 35.8 Å². The van der Waals surface area contributed by atoms with Gasteiger partial charge in [-0.3, -0.25) is 9.47 Å². The van der Waals surface area contributed by atoms with Crippen molar-refractivity contribution in [1.29, 1.82) is 0 Å². The van der Waals surface area contributed by atoms with Crippen molar-refractivity contribution in [2.45, 2.75) is 31.6 Å². The summed E-state index contributed by atoms with van der Waals surface area (Å²) in [6.07, 6.45) is 2.63. The molecule has 1 aromatic carbocycles. The van der Waals surface area contributed by atoms with E-state index in [2.05, 4.69) is 33.5 Å². The summed E-state index contributed by atoms with van der Waals surface area (Å²) in [5.74, 6) is -0.470. The summed E-state index contributed by atoms with van der Waals surface area (Å²) in [4.78, 5) is 15.6. The summed E-state index contributed by atoms with van der Waals surface area (Å²) in [7, 11) is -2.14. The number of esters is 1. The minimum Gasteiger partial charge on any atom is -0.465 e. The lowest BCUT2D eigenvalue weighted by atomic mass is 10.1. The van der Waals surface area contributed by atoms with Crippen molar-refractivity contribution < 1.29 is 17.9 Å². The Bertz CT molecular complexity index is 922. The Balaban J connectivity index is 1.60. The number of nitrogens with zero attached hydrogens (tertiary/aromatic N) is 2. The third kappa shape index (κ3) is 4.83. The number of hydrogen-bond acceptors (Lipinski definition) is 5. The molecule has 0 spiro atoms. The van der Waals surface area contributed by atoms with Crippen LogP contribution >= 0.6 is 0 Å². The smallest absolute Gasteiger partial charge is 0.339 e. The standard InChI is InChI=1S/C21H28N3O4S/c1-3-24(19-7-5-4-6-8-19)13-11-20(12-14-24)29(26,27)23-16-18-10-9-17(15-22-18)21(25)28-2/h4-10,15,20,23H,3,11-14,16H2,1-2H3/q+1. The van der Waals surface area contributed by atoms with Gasteiger partial charge in [0.2, 0.25) is 10.0 Å². The quantitative estimate of drug-likeness (QED) is 0.552. The molecule has 0 saturated carbocycles. The Hall–Kier alpha value is -2.29. The highest BCUT2D eigenvalue weighted by molar-refractivity contribution is 7.90. The molecular weight excluding hydrogens is 390 g/mol. The minimum absolute atomic E-state index is 0.104. The van der Waals surface area contributed by atoms with Gasteiger partial charge < -0.3 is 4.74 Å². The van der Waals surface area contributed by atoms with Crippen LogP contribution in [-0.4, -0.2) is 51.4 Å². The number of quaternary nitrogens is 1. The lowest BCUT2D eigenvalue weighted by molar-refractivity contribution is 0.0600. The summed E-state index contributed by atoms with van der Waals surface area (Å²) in [6.45, 7) is 4.81. The van der Waals surface area contributed by atoms with Crippen LogP contribution in [0, 0.1) is 0 Å². The molecule has 29 heavy (non-hydrogen) atoms. The number of nitrogens with one attached hydrogen (secondary N) is 1. The molecule has 156 valence electrons. The second-order valence-electron chi connectivity index (χ2n) is 7.34. The van der Waals surface area contributed by atoms with Gasteiger partial charge in [0.1, 0.15) is 5.69 Å². The van der Waals surface area contributed by atoms with Crippen LogP contribution in [0.15, 0.2) is 48.7 Å². The van der Waals surface area contributed by atoms with Crippen molar-refractivity contribution in [3.8, 4) is 0 Å². The SMILES string of the molecule is CC[N+]1(c2ccccc2)CCC(S(=O)(=O)NCc2ccc(C(=O)OC)cn2)CC1. The largest absolute Gasteiger partial charge is 0.465 e. The van der Waals surface area contributed by atoms with Crippen molar-refractivity contribution >= 4 is 21.7 Å². The van der Waals surface area contributed by atoms with Crippen LogP contribution in [0.25, 0.3) is 0 Å². The Morgan fingerprint density at radius 3 is 2.41 bits per heavy atom. The fraction of sp³-hybridized carbons (Fsp3) is 0.429. The molecule has 0 unspecified atom stereocenters. The van der Waals surface area contributed by atoms with Gasteiger partial charge in [0, 0.05) is 19.0 Å². The number of piperidine rings is 1. The second kappa shape index (κ2) is 9.02. The van der Waals surface area contributed by atoms with Crippen molar-refractivity contribution in [2.75, 3.05) is 26.7 Å². The van der Waals surface area contributed by atoms with E-state index in [0.717, 1.165) is 24.1 Å². The maximum atomic E-state index is 12.8. The van der Waals surface area contributed by atoms with E-state index in [1.807, 2.05) is 18.2 Å². The van der Waals surface area contributed by atoms with Gasteiger partial charge in [-0.05, 0) is 31.2 Å². The summed E-state index contributed by atoms with van der Waals surface area (Å²) in [5.41, 5.74) is 2.13. The molecule has 0 radical (unpaired) electrons. The lowest BCUT2D eigenvalue weighted by Crippen LogP contribution is -2.57. The lowest BCUT2D eigenvalue weighted by Gasteiger charge is -2.42. The molecule has 1 saturated heterocycles. The molecule has 0 atom stereocenters. The van der Waals surface area contributed by atoms with Crippen molar-refractivity contribution in [2.24, 2.45) is 0 Å². The number of likely N-dealkylation sites (tertiary alicyclic amines) is 1. The van der Waals surface area contributed by atoms with E-state index in [1.165, 1.54) is 19.0 Å². The normalized spacial score (nSPS) is 22.2. The van der Waals surface area contributed by atoms with E-state index in [0.29, 0.717) is 24.1 Å². The third-order valence-electron chi connectivity index (χ3n) is 5.81. The molecular formula is C21H28N3O4S+. The molecule has 1 aliphatic rings. The van der Waals surface area contributed by atoms with Crippen LogP contribution in [0.5, 0.6) is 0 Å². The summed E-state index contributed by atoms with van der Waals surface area (Å²) in [5, 5.41) is -0.404. The average Bonchev–Trinajstić information content (AvgIpc) is 2.78. The van der Waals surface area contributed by atoms with Crippen molar-refractivity contribution in [1.82, 2.24) is 14.2 Å². The Morgan fingerprint density at radius 2 is 1.86 bits per heavy atom. The van der Waals surface area contributed by atoms with Gasteiger partial charge in [-0.15, -0.1) is 0 Å². The molecule has 1 aromatic heterocycles. The molecule has 1 aliphatic heterocycles. The highest BCUT2D eigenvalue weighted by Crippen LogP contribution is 2.30. The number of para-hydroxylation sites is 1. The zero-order valence-electron chi connectivity index (χ0n) is 16.9. The van der Waals surface area contributed by atoms with Gasteiger partial charge in [0.05, 0.1) is 49.8 Å². The van der Waals surface area contributed by atoms with E-state index in [9.17, 15) is 13.2 Å². The fourth-order valence-electron chi connectivity index (χ4n) is 3.91. The highest BCUT2D eigenvalue weighted by Gasteiger charge is 2.39. The molecule has 3 rings (SSSR count). The molecule has 1 N–H and O–H groups in total. The fourth-order valence-corrected chi connectivity index (χ4v) is 5.33. The zero-order chi connectivity index (χ0) is 20.9. The first-order valence-electron chi connectivity index (χ1n) is 9.83. The van der Waals surface area contributed by atoms with Crippen LogP contribution in [0.2, 0.25) is 0 Å². The number of rotatable bonds is 7. The topological polar surface area (TPSA) is 85.4 Å². The summed E-state index contributed by atoms with van der Waals surface area (Å²) >= 11 is 0. The molecule has 8 heteroatoms. The highest BCUT2D eigenvalue weighted by atomic mass is 32.2. The van der Waals surface area contributed by atoms with E-state index >= 15 is 0 Å². The van der Waals surface area contributed by atoms with Crippen molar-refractivity contribution in [3.05, 3.63) is 59.9 Å². The van der Waals surface area contributed by atoms with E-state index < -0.39 is 21.2 Å². The van der Waals surface area contributed by atoms with Crippen molar-refractivity contribution in [3.63, 3.8) is 0 Å². The molecule has 1 fully saturated rings. The third-order valence-corrected chi connectivity index (χ3v) is 7.70. The predicted octanol–water partition coefficient (Wildman–Crippen LogP) is 2.48. The number of ether oxygens (including phenoxy) is 1. The number of aromatic nitrogens is 1. The molecule has 0 bridgehead atoms. The number of carbonyl (C=O) groups excluding carboxylic acids is 1. The monoisotopic (exact) mass is 418 g/mol. The average molecular weight is 419 g/mol. The summed E-state index contributed by atoms with van der Waals surface area (Å²) in [6, 6.07) is 13.5. The second-order valence-corrected chi connectivity index (χ2v) is 9.38. The van der Waals surface area contributed by atoms with Gasteiger partial charge in [-0.2, -0.15) is 0 Å². The molecule has 2 heterocycles. The summed E-state index contributed by atoms with van der Waals surface area (Å²) < 4.78 is 33.7. The number of pyridine rings is 1. The first kappa shape index (κ1) is 21.4. The Labute approximate surface area is 172 Å². The van der Waals surface area contributed by atoms with Gasteiger partial charge in [-0.25, -0.2) is 17.9 Å². The maximum Gasteiger partial charge on any atom is 0.339 e. The van der Waals surface area contributed by atoms with Crippen LogP contribution in [-0.2, 0) is 21.3 Å². The number of hydrogen-bond donors (Lipinski definition) is 1. The first-order valence-corrected chi connectivity index (χ1v) is 11.4. The molecule has 7 nitrogen and oxygen atoms in total. The van der Waals surface area contributed by atoms with E-state index in [4.69, 9.17) is 0 Å². The number of carbonyl (C=O) groups is 1. The predicted molar refractivity (Wildman–Crippen MR) is 113 cm³/mol. The van der Waals surface area contributed by atoms with Crippen LogP contribution in [0.3, 0.4) is 0 Å². The molecule has 0 amide bonds. The van der Waals surface area contributed by atoms with Gasteiger partial charge in [0.15, 0.2) is 0 Å². The zero-order valence-corrected chi connectivity index (χ0v) is 17.7. The minimum atomic E-state index is -3.44.